The summed E-state index contributed by atoms with van der Waals surface area (Å²) in [7, 11) is 0. The second-order valence-electron chi connectivity index (χ2n) is 6.37. The predicted octanol–water partition coefficient (Wildman–Crippen LogP) is 1.98. The number of piperazine rings is 2. The highest BCUT2D eigenvalue weighted by molar-refractivity contribution is 5.97. The molecule has 2 aliphatic rings. The van der Waals surface area contributed by atoms with Crippen LogP contribution in [-0.2, 0) is 11.0 Å². The average Bonchev–Trinajstić information content (AvgIpc) is 3.11. The number of nitrogens with zero attached hydrogens (tertiary/aromatic N) is 3. The number of hydrogen-bond donors (Lipinski definition) is 1. The van der Waals surface area contributed by atoms with Crippen molar-refractivity contribution in [2.24, 2.45) is 0 Å². The van der Waals surface area contributed by atoms with Crippen LogP contribution in [0.2, 0.25) is 0 Å². The Hall–Kier alpha value is -2.39. The zero-order valence-electron chi connectivity index (χ0n) is 13.8. The number of nitrogens with one attached hydrogen (secondary N) is 1. The maximum Gasteiger partial charge on any atom is 0.416 e. The Kier molecular flexibility index (Phi) is 4.20. The molecule has 138 valence electrons. The Morgan fingerprint density at radius 1 is 1.19 bits per heavy atom. The van der Waals surface area contributed by atoms with Gasteiger partial charge in [0.1, 0.15) is 11.7 Å². The smallest absolute Gasteiger partial charge is 0.338 e. The van der Waals surface area contributed by atoms with Crippen LogP contribution in [0.25, 0.3) is 11.3 Å². The van der Waals surface area contributed by atoms with Crippen LogP contribution in [0.3, 0.4) is 0 Å². The molecule has 2 fully saturated rings. The van der Waals surface area contributed by atoms with Gasteiger partial charge in [-0.05, 0) is 12.1 Å². The molecule has 1 aromatic heterocycles. The Morgan fingerprint density at radius 3 is 2.85 bits per heavy atom. The number of alkyl halides is 3. The topological polar surface area (TPSA) is 61.6 Å². The molecule has 2 aromatic rings. The number of amides is 1. The summed E-state index contributed by atoms with van der Waals surface area (Å²) in [4.78, 5) is 16.3. The van der Waals surface area contributed by atoms with Gasteiger partial charge >= 0.3 is 6.18 Å². The van der Waals surface area contributed by atoms with Gasteiger partial charge in [0.25, 0.3) is 0 Å². The summed E-state index contributed by atoms with van der Waals surface area (Å²) < 4.78 is 43.9. The molecule has 0 radical (unpaired) electrons. The number of halogens is 3. The lowest BCUT2D eigenvalue weighted by Gasteiger charge is -2.42. The molecular formula is C17H17F3N4O2. The molecule has 6 nitrogen and oxygen atoms in total. The SMILES string of the molecule is O=C1[C@H]2CNCCN2CCN1c1cc(-c2cccc(C(F)(F)F)c2)no1. The molecule has 3 heterocycles. The van der Waals surface area contributed by atoms with Crippen molar-refractivity contribution in [1.29, 1.82) is 0 Å². The first-order valence-corrected chi connectivity index (χ1v) is 8.34. The molecule has 1 aromatic carbocycles. The van der Waals surface area contributed by atoms with E-state index >= 15 is 0 Å². The number of aromatic nitrogens is 1. The molecule has 9 heteroatoms. The normalized spacial score (nSPS) is 21.7. The lowest BCUT2D eigenvalue weighted by Crippen LogP contribution is -2.64. The van der Waals surface area contributed by atoms with Crippen LogP contribution < -0.4 is 10.2 Å². The standard InChI is InChI=1S/C17H17F3N4O2/c18-17(19,20)12-3-1-2-11(8-12)13-9-15(26-22-13)24-7-6-23-5-4-21-10-14(23)16(24)25/h1-3,8-9,14,21H,4-7,10H2/t14-/m1/s1. The minimum absolute atomic E-state index is 0.0878. The van der Waals surface area contributed by atoms with E-state index in [0.29, 0.717) is 18.7 Å². The molecule has 0 spiro atoms. The summed E-state index contributed by atoms with van der Waals surface area (Å²) in [5.41, 5.74) is -0.194. The zero-order chi connectivity index (χ0) is 18.3. The minimum Gasteiger partial charge on any atom is -0.338 e. The summed E-state index contributed by atoms with van der Waals surface area (Å²) in [5, 5.41) is 7.05. The second kappa shape index (κ2) is 6.40. The highest BCUT2D eigenvalue weighted by Crippen LogP contribution is 2.33. The van der Waals surface area contributed by atoms with Crippen molar-refractivity contribution >= 4 is 11.8 Å². The number of anilines is 1. The molecule has 4 rings (SSSR count). The van der Waals surface area contributed by atoms with Crippen LogP contribution in [0, 0.1) is 0 Å². The lowest BCUT2D eigenvalue weighted by molar-refractivity contribution is -0.137. The van der Waals surface area contributed by atoms with Crippen molar-refractivity contribution in [2.45, 2.75) is 12.2 Å². The van der Waals surface area contributed by atoms with Gasteiger partial charge < -0.3 is 9.84 Å². The number of fused-ring (bicyclic) bond motifs is 1. The maximum absolute atomic E-state index is 12.9. The molecule has 2 aliphatic heterocycles. The van der Waals surface area contributed by atoms with Crippen molar-refractivity contribution in [3.05, 3.63) is 35.9 Å². The Balaban J connectivity index is 1.58. The van der Waals surface area contributed by atoms with Crippen LogP contribution in [0.5, 0.6) is 0 Å². The van der Waals surface area contributed by atoms with E-state index in [9.17, 15) is 18.0 Å². The number of carbonyl (C=O) groups excluding carboxylic acids is 1. The van der Waals surface area contributed by atoms with Crippen LogP contribution in [0.4, 0.5) is 19.1 Å². The molecule has 2 saturated heterocycles. The van der Waals surface area contributed by atoms with E-state index in [1.165, 1.54) is 23.1 Å². The fourth-order valence-corrected chi connectivity index (χ4v) is 3.38. The third kappa shape index (κ3) is 3.08. The zero-order valence-corrected chi connectivity index (χ0v) is 13.8. The Morgan fingerprint density at radius 2 is 2.04 bits per heavy atom. The lowest BCUT2D eigenvalue weighted by atomic mass is 10.1. The third-order valence-electron chi connectivity index (χ3n) is 4.77. The van der Waals surface area contributed by atoms with Gasteiger partial charge in [-0.1, -0.05) is 17.3 Å². The highest BCUT2D eigenvalue weighted by atomic mass is 19.4. The molecule has 0 saturated carbocycles. The number of benzene rings is 1. The first-order chi connectivity index (χ1) is 12.4. The van der Waals surface area contributed by atoms with E-state index in [1.54, 1.807) is 0 Å². The van der Waals surface area contributed by atoms with Crippen molar-refractivity contribution in [3.8, 4) is 11.3 Å². The summed E-state index contributed by atoms with van der Waals surface area (Å²) in [6.45, 7) is 3.43. The number of hydrogen-bond acceptors (Lipinski definition) is 5. The molecule has 0 bridgehead atoms. The molecule has 26 heavy (non-hydrogen) atoms. The molecular weight excluding hydrogens is 349 g/mol. The highest BCUT2D eigenvalue weighted by Gasteiger charge is 2.38. The number of rotatable bonds is 2. The molecule has 1 atom stereocenters. The Bertz CT molecular complexity index is 820. The van der Waals surface area contributed by atoms with E-state index in [-0.39, 0.29) is 23.5 Å². The van der Waals surface area contributed by atoms with Gasteiger partial charge in [0.05, 0.1) is 5.56 Å². The van der Waals surface area contributed by atoms with Gasteiger partial charge in [-0.25, -0.2) is 0 Å². The van der Waals surface area contributed by atoms with Gasteiger partial charge in [0, 0.05) is 44.4 Å². The van der Waals surface area contributed by atoms with Crippen molar-refractivity contribution in [1.82, 2.24) is 15.4 Å². The van der Waals surface area contributed by atoms with Gasteiger partial charge in [-0.3, -0.25) is 14.6 Å². The van der Waals surface area contributed by atoms with E-state index in [0.717, 1.165) is 31.8 Å². The van der Waals surface area contributed by atoms with Crippen LogP contribution in [0.1, 0.15) is 5.56 Å². The fourth-order valence-electron chi connectivity index (χ4n) is 3.38. The molecule has 1 N–H and O–H groups in total. The molecule has 1 amide bonds. The van der Waals surface area contributed by atoms with E-state index in [4.69, 9.17) is 4.52 Å². The average molecular weight is 366 g/mol. The fraction of sp³-hybridized carbons (Fsp3) is 0.412. The van der Waals surface area contributed by atoms with Crippen molar-refractivity contribution in [2.75, 3.05) is 37.6 Å². The van der Waals surface area contributed by atoms with Gasteiger partial charge in [-0.2, -0.15) is 13.2 Å². The molecule has 0 aliphatic carbocycles. The summed E-state index contributed by atoms with van der Waals surface area (Å²) >= 11 is 0. The maximum atomic E-state index is 12.9. The summed E-state index contributed by atoms with van der Waals surface area (Å²) in [6, 6.07) is 6.14. The van der Waals surface area contributed by atoms with Crippen LogP contribution in [0.15, 0.2) is 34.9 Å². The van der Waals surface area contributed by atoms with Crippen molar-refractivity contribution in [3.63, 3.8) is 0 Å². The van der Waals surface area contributed by atoms with Crippen LogP contribution in [-0.4, -0.2) is 54.7 Å². The molecule has 0 unspecified atom stereocenters. The summed E-state index contributed by atoms with van der Waals surface area (Å²) in [6.07, 6.45) is -4.43. The third-order valence-corrected chi connectivity index (χ3v) is 4.77. The van der Waals surface area contributed by atoms with E-state index < -0.39 is 11.7 Å². The van der Waals surface area contributed by atoms with E-state index in [1.807, 2.05) is 0 Å². The van der Waals surface area contributed by atoms with Crippen molar-refractivity contribution < 1.29 is 22.5 Å². The van der Waals surface area contributed by atoms with Gasteiger partial charge in [0.2, 0.25) is 11.8 Å². The Labute approximate surface area is 147 Å². The monoisotopic (exact) mass is 366 g/mol. The minimum atomic E-state index is -4.43. The number of carbonyl (C=O) groups is 1. The first-order valence-electron chi connectivity index (χ1n) is 8.34. The quantitative estimate of drug-likeness (QED) is 0.881. The second-order valence-corrected chi connectivity index (χ2v) is 6.37. The van der Waals surface area contributed by atoms with Crippen LogP contribution >= 0.6 is 0 Å². The summed E-state index contributed by atoms with van der Waals surface area (Å²) in [5.74, 6) is 0.169. The largest absolute Gasteiger partial charge is 0.416 e. The first kappa shape index (κ1) is 17.0. The van der Waals surface area contributed by atoms with Gasteiger partial charge in [-0.15, -0.1) is 0 Å². The predicted molar refractivity (Wildman–Crippen MR) is 87.5 cm³/mol. The van der Waals surface area contributed by atoms with E-state index in [2.05, 4.69) is 15.4 Å². The van der Waals surface area contributed by atoms with Gasteiger partial charge in [0.15, 0.2) is 0 Å².